The van der Waals surface area contributed by atoms with Gasteiger partial charge in [0.05, 0.1) is 13.1 Å². The second-order valence-corrected chi connectivity index (χ2v) is 5.89. The van der Waals surface area contributed by atoms with E-state index in [1.54, 1.807) is 9.80 Å². The van der Waals surface area contributed by atoms with E-state index in [1.807, 2.05) is 14.0 Å². The molecule has 0 aromatic heterocycles. The average Bonchev–Trinajstić information content (AvgIpc) is 2.27. The van der Waals surface area contributed by atoms with Crippen LogP contribution in [-0.2, 0) is 9.59 Å². The van der Waals surface area contributed by atoms with Crippen molar-refractivity contribution in [2.24, 2.45) is 5.41 Å². The maximum atomic E-state index is 12.0. The van der Waals surface area contributed by atoms with Gasteiger partial charge in [0.1, 0.15) is 0 Å². The molecule has 104 valence electrons. The van der Waals surface area contributed by atoms with E-state index >= 15 is 0 Å². The Balaban J connectivity index is 2.68. The Hall–Kier alpha value is -1.10. The zero-order valence-corrected chi connectivity index (χ0v) is 12.1. The van der Waals surface area contributed by atoms with E-state index in [9.17, 15) is 9.59 Å². The van der Waals surface area contributed by atoms with E-state index in [2.05, 4.69) is 26.1 Å². The zero-order valence-electron chi connectivity index (χ0n) is 12.1. The van der Waals surface area contributed by atoms with Crippen molar-refractivity contribution in [2.45, 2.75) is 33.7 Å². The van der Waals surface area contributed by atoms with E-state index in [-0.39, 0.29) is 36.4 Å². The molecule has 1 fully saturated rings. The van der Waals surface area contributed by atoms with Gasteiger partial charge in [0.25, 0.3) is 0 Å². The Kier molecular flexibility index (Phi) is 4.73. The molecule has 5 nitrogen and oxygen atoms in total. The first-order valence-corrected chi connectivity index (χ1v) is 6.52. The molecular formula is C13H25N3O2. The van der Waals surface area contributed by atoms with Crippen LogP contribution in [0, 0.1) is 5.41 Å². The van der Waals surface area contributed by atoms with Crippen LogP contribution in [0.3, 0.4) is 0 Å². The Bertz CT molecular complexity index is 323. The van der Waals surface area contributed by atoms with Gasteiger partial charge in [0.15, 0.2) is 0 Å². The minimum atomic E-state index is 0.0425. The molecule has 0 bridgehead atoms. The molecule has 1 unspecified atom stereocenters. The highest BCUT2D eigenvalue weighted by Crippen LogP contribution is 2.20. The first-order valence-electron chi connectivity index (χ1n) is 6.52. The van der Waals surface area contributed by atoms with Crippen molar-refractivity contribution in [3.05, 3.63) is 0 Å². The van der Waals surface area contributed by atoms with Gasteiger partial charge in [-0.1, -0.05) is 20.8 Å². The summed E-state index contributed by atoms with van der Waals surface area (Å²) in [5.41, 5.74) is 0.0555. The monoisotopic (exact) mass is 255 g/mol. The van der Waals surface area contributed by atoms with E-state index in [4.69, 9.17) is 0 Å². The fraction of sp³-hybridized carbons (Fsp3) is 0.846. The zero-order chi connectivity index (χ0) is 13.9. The predicted molar refractivity (Wildman–Crippen MR) is 71.1 cm³/mol. The number of nitrogens with one attached hydrogen (secondary N) is 1. The van der Waals surface area contributed by atoms with Crippen molar-refractivity contribution in [3.8, 4) is 0 Å². The van der Waals surface area contributed by atoms with Gasteiger partial charge in [-0.2, -0.15) is 0 Å². The first-order chi connectivity index (χ1) is 8.29. The highest BCUT2D eigenvalue weighted by Gasteiger charge is 2.33. The van der Waals surface area contributed by atoms with Crippen LogP contribution in [0.15, 0.2) is 0 Å². The summed E-state index contributed by atoms with van der Waals surface area (Å²) in [4.78, 5) is 27.1. The van der Waals surface area contributed by atoms with Crippen LogP contribution in [0.5, 0.6) is 0 Å². The van der Waals surface area contributed by atoms with E-state index in [1.165, 1.54) is 0 Å². The highest BCUT2D eigenvalue weighted by atomic mass is 16.2. The molecule has 0 aromatic rings. The van der Waals surface area contributed by atoms with Crippen LogP contribution >= 0.6 is 0 Å². The number of nitrogens with zero attached hydrogens (tertiary/aromatic N) is 2. The van der Waals surface area contributed by atoms with Gasteiger partial charge in [0.2, 0.25) is 11.8 Å². The van der Waals surface area contributed by atoms with Crippen molar-refractivity contribution in [1.29, 1.82) is 0 Å². The summed E-state index contributed by atoms with van der Waals surface area (Å²) >= 11 is 0. The quantitative estimate of drug-likeness (QED) is 0.786. The van der Waals surface area contributed by atoms with Crippen molar-refractivity contribution in [2.75, 3.05) is 33.2 Å². The van der Waals surface area contributed by atoms with Gasteiger partial charge < -0.3 is 15.1 Å². The van der Waals surface area contributed by atoms with E-state index < -0.39 is 0 Å². The second kappa shape index (κ2) is 5.69. The van der Waals surface area contributed by atoms with Gasteiger partial charge in [-0.15, -0.1) is 0 Å². The molecule has 0 spiro atoms. The Morgan fingerprint density at radius 2 is 1.67 bits per heavy atom. The van der Waals surface area contributed by atoms with Crippen LogP contribution in [0.1, 0.15) is 27.7 Å². The van der Waals surface area contributed by atoms with Gasteiger partial charge in [-0.05, 0) is 19.4 Å². The fourth-order valence-electron chi connectivity index (χ4n) is 2.18. The molecule has 18 heavy (non-hydrogen) atoms. The van der Waals surface area contributed by atoms with Gasteiger partial charge in [-0.25, -0.2) is 0 Å². The third-order valence-electron chi connectivity index (χ3n) is 3.54. The van der Waals surface area contributed by atoms with Gasteiger partial charge >= 0.3 is 0 Å². The summed E-state index contributed by atoms with van der Waals surface area (Å²) in [6.07, 6.45) is 0. The average molecular weight is 255 g/mol. The van der Waals surface area contributed by atoms with Crippen molar-refractivity contribution in [1.82, 2.24) is 15.1 Å². The van der Waals surface area contributed by atoms with Crippen molar-refractivity contribution < 1.29 is 9.59 Å². The van der Waals surface area contributed by atoms with E-state index in [0.29, 0.717) is 13.1 Å². The lowest BCUT2D eigenvalue weighted by atomic mass is 9.86. The molecular weight excluding hydrogens is 230 g/mol. The molecule has 0 saturated carbocycles. The number of carbonyl (C=O) groups excluding carboxylic acids is 2. The third-order valence-corrected chi connectivity index (χ3v) is 3.54. The summed E-state index contributed by atoms with van der Waals surface area (Å²) in [5, 5.41) is 3.23. The number of hydrogen-bond donors (Lipinski definition) is 1. The lowest BCUT2D eigenvalue weighted by Crippen LogP contribution is -2.57. The van der Waals surface area contributed by atoms with E-state index in [0.717, 1.165) is 0 Å². The van der Waals surface area contributed by atoms with Crippen LogP contribution < -0.4 is 5.32 Å². The molecule has 1 aliphatic rings. The SMILES string of the molecule is CCN1CC(=O)N(CC(NC)C(C)(C)C)CC1=O. The molecule has 0 aromatic carbocycles. The smallest absolute Gasteiger partial charge is 0.242 e. The summed E-state index contributed by atoms with van der Waals surface area (Å²) in [6, 6.07) is 0.183. The summed E-state index contributed by atoms with van der Waals surface area (Å²) in [7, 11) is 1.89. The summed E-state index contributed by atoms with van der Waals surface area (Å²) in [5.74, 6) is 0.0850. The number of hydrogen-bond acceptors (Lipinski definition) is 3. The fourth-order valence-corrected chi connectivity index (χ4v) is 2.18. The Morgan fingerprint density at radius 3 is 2.11 bits per heavy atom. The number of amides is 2. The molecule has 0 aliphatic carbocycles. The largest absolute Gasteiger partial charge is 0.332 e. The van der Waals surface area contributed by atoms with Crippen molar-refractivity contribution in [3.63, 3.8) is 0 Å². The minimum absolute atomic E-state index is 0.0425. The topological polar surface area (TPSA) is 52.7 Å². The number of piperazine rings is 1. The molecule has 1 saturated heterocycles. The molecule has 1 aliphatic heterocycles. The Labute approximate surface area is 110 Å². The molecule has 1 heterocycles. The third kappa shape index (κ3) is 3.45. The standard InChI is InChI=1S/C13H25N3O2/c1-6-15-8-12(18)16(9-11(15)17)7-10(14-5)13(2,3)4/h10,14H,6-9H2,1-5H3. The maximum absolute atomic E-state index is 12.0. The van der Waals surface area contributed by atoms with Crippen LogP contribution in [0.4, 0.5) is 0 Å². The van der Waals surface area contributed by atoms with Crippen LogP contribution in [0.2, 0.25) is 0 Å². The second-order valence-electron chi connectivity index (χ2n) is 5.89. The van der Waals surface area contributed by atoms with Crippen molar-refractivity contribution >= 4 is 11.8 Å². The molecule has 5 heteroatoms. The van der Waals surface area contributed by atoms with Gasteiger partial charge in [0, 0.05) is 19.1 Å². The molecule has 1 atom stereocenters. The summed E-state index contributed by atoms with van der Waals surface area (Å²) in [6.45, 7) is 9.90. The van der Waals surface area contributed by atoms with Crippen LogP contribution in [0.25, 0.3) is 0 Å². The Morgan fingerprint density at radius 1 is 1.17 bits per heavy atom. The highest BCUT2D eigenvalue weighted by molar-refractivity contribution is 5.92. The lowest BCUT2D eigenvalue weighted by Gasteiger charge is -2.38. The lowest BCUT2D eigenvalue weighted by molar-refractivity contribution is -0.150. The maximum Gasteiger partial charge on any atom is 0.242 e. The number of carbonyl (C=O) groups is 2. The van der Waals surface area contributed by atoms with Gasteiger partial charge in [-0.3, -0.25) is 9.59 Å². The van der Waals surface area contributed by atoms with Crippen LogP contribution in [-0.4, -0.2) is 60.9 Å². The minimum Gasteiger partial charge on any atom is -0.332 e. The number of likely N-dealkylation sites (N-methyl/N-ethyl adjacent to an activating group) is 2. The number of rotatable bonds is 4. The molecule has 0 radical (unpaired) electrons. The normalized spacial score (nSPS) is 19.4. The molecule has 1 N–H and O–H groups in total. The first kappa shape index (κ1) is 15.0. The molecule has 2 amide bonds. The summed E-state index contributed by atoms with van der Waals surface area (Å²) < 4.78 is 0. The molecule has 1 rings (SSSR count). The predicted octanol–water partition coefficient (Wildman–Crippen LogP) is 0.311.